The summed E-state index contributed by atoms with van der Waals surface area (Å²) in [5.74, 6) is -0.234. The molecule has 0 bridgehead atoms. The molecule has 0 aromatic carbocycles. The summed E-state index contributed by atoms with van der Waals surface area (Å²) in [5, 5.41) is 2.00. The van der Waals surface area contributed by atoms with Gasteiger partial charge in [0, 0.05) is 24.4 Å². The van der Waals surface area contributed by atoms with Crippen molar-refractivity contribution in [2.24, 2.45) is 11.8 Å². The first-order chi connectivity index (χ1) is 11.3. The van der Waals surface area contributed by atoms with Crippen LogP contribution in [0.15, 0.2) is 30.5 Å². The molecule has 2 amide bonds. The first kappa shape index (κ1) is 18.3. The molecule has 0 radical (unpaired) electrons. The van der Waals surface area contributed by atoms with E-state index >= 15 is 0 Å². The zero-order valence-corrected chi connectivity index (χ0v) is 15.3. The lowest BCUT2D eigenvalue weighted by atomic mass is 10.1. The highest BCUT2D eigenvalue weighted by atomic mass is 32.1. The van der Waals surface area contributed by atoms with Crippen molar-refractivity contribution in [1.82, 2.24) is 9.66 Å². The molecule has 2 heterocycles. The SMILES string of the molecule is CC(C)CC(=O)N(C(=O)CC(C)C)n1c(=S)ccc2cccnc21. The van der Waals surface area contributed by atoms with E-state index in [1.807, 2.05) is 45.9 Å². The van der Waals surface area contributed by atoms with Crippen LogP contribution in [0.25, 0.3) is 11.0 Å². The van der Waals surface area contributed by atoms with E-state index in [1.54, 1.807) is 12.3 Å². The van der Waals surface area contributed by atoms with Crippen molar-refractivity contribution in [2.75, 3.05) is 5.01 Å². The summed E-state index contributed by atoms with van der Waals surface area (Å²) in [6, 6.07) is 7.26. The van der Waals surface area contributed by atoms with E-state index in [2.05, 4.69) is 4.98 Å². The molecule has 0 aliphatic carbocycles. The van der Waals surface area contributed by atoms with Crippen LogP contribution in [-0.2, 0) is 9.59 Å². The number of carbonyl (C=O) groups excluding carboxylic acids is 2. The van der Waals surface area contributed by atoms with E-state index in [4.69, 9.17) is 12.2 Å². The molecule has 2 aromatic rings. The van der Waals surface area contributed by atoms with E-state index in [-0.39, 0.29) is 36.5 Å². The number of hydrogen-bond donors (Lipinski definition) is 0. The van der Waals surface area contributed by atoms with E-state index in [0.29, 0.717) is 10.3 Å². The average molecular weight is 345 g/mol. The maximum Gasteiger partial charge on any atom is 0.248 e. The Morgan fingerprint density at radius 1 is 1.08 bits per heavy atom. The standard InChI is InChI=1S/C18H23N3O2S/c1-12(2)10-15(22)20(16(23)11-13(3)4)21-17(24)8-7-14-6-5-9-19-18(14)21/h5-9,12-13H,10-11H2,1-4H3. The summed E-state index contributed by atoms with van der Waals surface area (Å²) in [6.07, 6.45) is 2.18. The zero-order chi connectivity index (χ0) is 17.9. The number of fused-ring (bicyclic) bond motifs is 1. The number of rotatable bonds is 5. The molecule has 0 saturated heterocycles. The van der Waals surface area contributed by atoms with E-state index in [9.17, 15) is 9.59 Å². The smallest absolute Gasteiger partial charge is 0.248 e. The monoisotopic (exact) mass is 345 g/mol. The summed E-state index contributed by atoms with van der Waals surface area (Å²) >= 11 is 5.40. The third-order valence-electron chi connectivity index (χ3n) is 3.47. The summed E-state index contributed by atoms with van der Waals surface area (Å²) in [4.78, 5) is 29.9. The molecule has 6 heteroatoms. The summed E-state index contributed by atoms with van der Waals surface area (Å²) in [7, 11) is 0. The van der Waals surface area contributed by atoms with Crippen LogP contribution in [0, 0.1) is 16.5 Å². The van der Waals surface area contributed by atoms with Gasteiger partial charge in [0.2, 0.25) is 11.8 Å². The van der Waals surface area contributed by atoms with Crippen LogP contribution in [0.3, 0.4) is 0 Å². The molecule has 0 unspecified atom stereocenters. The molecule has 0 atom stereocenters. The number of carbonyl (C=O) groups is 2. The van der Waals surface area contributed by atoms with Gasteiger partial charge < -0.3 is 0 Å². The van der Waals surface area contributed by atoms with Crippen molar-refractivity contribution >= 4 is 35.1 Å². The van der Waals surface area contributed by atoms with E-state index < -0.39 is 0 Å². The summed E-state index contributed by atoms with van der Waals surface area (Å²) < 4.78 is 1.86. The molecular weight excluding hydrogens is 322 g/mol. The second-order valence-electron chi connectivity index (χ2n) is 6.69. The minimum absolute atomic E-state index is 0.143. The van der Waals surface area contributed by atoms with Gasteiger partial charge in [0.05, 0.1) is 0 Å². The second-order valence-corrected chi connectivity index (χ2v) is 7.11. The molecule has 0 saturated carbocycles. The Kier molecular flexibility index (Phi) is 5.83. The lowest BCUT2D eigenvalue weighted by Crippen LogP contribution is -2.47. The summed E-state index contributed by atoms with van der Waals surface area (Å²) in [6.45, 7) is 7.79. The van der Waals surface area contributed by atoms with Crippen LogP contribution in [-0.4, -0.2) is 21.5 Å². The molecule has 128 valence electrons. The van der Waals surface area contributed by atoms with Crippen molar-refractivity contribution in [1.29, 1.82) is 0 Å². The Bertz CT molecular complexity index is 789. The predicted octanol–water partition coefficient (Wildman–Crippen LogP) is 3.85. The quantitative estimate of drug-likeness (QED) is 0.773. The molecule has 0 N–H and O–H groups in total. The van der Waals surface area contributed by atoms with Crippen molar-refractivity contribution in [2.45, 2.75) is 40.5 Å². The topological polar surface area (TPSA) is 55.2 Å². The van der Waals surface area contributed by atoms with Gasteiger partial charge in [0.25, 0.3) is 0 Å². The number of nitrogens with zero attached hydrogens (tertiary/aromatic N) is 3. The van der Waals surface area contributed by atoms with Gasteiger partial charge in [-0.2, -0.15) is 5.01 Å². The number of aromatic nitrogens is 2. The van der Waals surface area contributed by atoms with Crippen molar-refractivity contribution in [3.8, 4) is 0 Å². The number of amides is 2. The van der Waals surface area contributed by atoms with Crippen molar-refractivity contribution < 1.29 is 9.59 Å². The van der Waals surface area contributed by atoms with Crippen LogP contribution in [0.1, 0.15) is 40.5 Å². The third-order valence-corrected chi connectivity index (χ3v) is 3.78. The van der Waals surface area contributed by atoms with Gasteiger partial charge in [-0.3, -0.25) is 9.59 Å². The largest absolute Gasteiger partial charge is 0.273 e. The fourth-order valence-electron chi connectivity index (χ4n) is 2.48. The van der Waals surface area contributed by atoms with Gasteiger partial charge in [-0.05, 0) is 36.1 Å². The predicted molar refractivity (Wildman–Crippen MR) is 97.7 cm³/mol. The average Bonchev–Trinajstić information content (AvgIpc) is 2.48. The molecule has 24 heavy (non-hydrogen) atoms. The molecule has 0 spiro atoms. The van der Waals surface area contributed by atoms with Gasteiger partial charge in [-0.15, -0.1) is 0 Å². The normalized spacial score (nSPS) is 11.2. The fraction of sp³-hybridized carbons (Fsp3) is 0.444. The lowest BCUT2D eigenvalue weighted by Gasteiger charge is -2.26. The second kappa shape index (κ2) is 7.66. The van der Waals surface area contributed by atoms with Crippen LogP contribution in [0.4, 0.5) is 0 Å². The van der Waals surface area contributed by atoms with Gasteiger partial charge in [-0.1, -0.05) is 39.9 Å². The number of hydrogen-bond acceptors (Lipinski definition) is 4. The van der Waals surface area contributed by atoms with Crippen molar-refractivity contribution in [3.05, 3.63) is 35.1 Å². The minimum atomic E-state index is -0.259. The Morgan fingerprint density at radius 3 is 2.21 bits per heavy atom. The number of imide groups is 1. The molecule has 0 aliphatic heterocycles. The molecular formula is C18H23N3O2S. The van der Waals surface area contributed by atoms with Crippen LogP contribution < -0.4 is 5.01 Å². The molecule has 2 rings (SSSR count). The highest BCUT2D eigenvalue weighted by molar-refractivity contribution is 7.71. The zero-order valence-electron chi connectivity index (χ0n) is 14.5. The maximum absolute atomic E-state index is 12.8. The Hall–Kier alpha value is -2.08. The van der Waals surface area contributed by atoms with Gasteiger partial charge in [-0.25, -0.2) is 9.66 Å². The van der Waals surface area contributed by atoms with Gasteiger partial charge >= 0.3 is 0 Å². The molecule has 0 fully saturated rings. The lowest BCUT2D eigenvalue weighted by molar-refractivity contribution is -0.129. The van der Waals surface area contributed by atoms with Crippen LogP contribution in [0.2, 0.25) is 0 Å². The molecule has 0 aliphatic rings. The number of pyridine rings is 2. The Labute approximate surface area is 147 Å². The van der Waals surface area contributed by atoms with Crippen LogP contribution in [0.5, 0.6) is 0 Å². The minimum Gasteiger partial charge on any atom is -0.273 e. The van der Waals surface area contributed by atoms with Crippen molar-refractivity contribution in [3.63, 3.8) is 0 Å². The van der Waals surface area contributed by atoms with E-state index in [1.165, 1.54) is 9.69 Å². The Morgan fingerprint density at radius 2 is 1.67 bits per heavy atom. The maximum atomic E-state index is 12.8. The van der Waals surface area contributed by atoms with Gasteiger partial charge in [0.15, 0.2) is 5.65 Å². The fourth-order valence-corrected chi connectivity index (χ4v) is 2.72. The van der Waals surface area contributed by atoms with Crippen LogP contribution >= 0.6 is 12.2 Å². The summed E-state index contributed by atoms with van der Waals surface area (Å²) in [5.41, 5.74) is 0.513. The first-order valence-electron chi connectivity index (χ1n) is 8.14. The Balaban J connectivity index is 2.63. The van der Waals surface area contributed by atoms with E-state index in [0.717, 1.165) is 5.39 Å². The highest BCUT2D eigenvalue weighted by Gasteiger charge is 2.26. The van der Waals surface area contributed by atoms with Gasteiger partial charge in [0.1, 0.15) is 4.64 Å². The first-order valence-corrected chi connectivity index (χ1v) is 8.55. The molecule has 5 nitrogen and oxygen atoms in total. The third kappa shape index (κ3) is 4.06. The molecule has 2 aromatic heterocycles. The highest BCUT2D eigenvalue weighted by Crippen LogP contribution is 2.16.